The first kappa shape index (κ1) is 27.1. The minimum Gasteiger partial charge on any atom is -0.497 e. The lowest BCUT2D eigenvalue weighted by Gasteiger charge is -2.39. The summed E-state index contributed by atoms with van der Waals surface area (Å²) in [5.41, 5.74) is 0.168. The summed E-state index contributed by atoms with van der Waals surface area (Å²) < 4.78 is 67.2. The summed E-state index contributed by atoms with van der Waals surface area (Å²) in [7, 11) is -5.72. The van der Waals surface area contributed by atoms with Crippen molar-refractivity contribution in [2.45, 2.75) is 41.3 Å². The van der Waals surface area contributed by atoms with Gasteiger partial charge in [0.1, 0.15) is 5.75 Å². The summed E-state index contributed by atoms with van der Waals surface area (Å²) in [5, 5.41) is -3.78. The standard InChI is InChI=1S/C21H31NO9S2/c1-6-22(7-2)13-12-16-32(25,26)18(20(23)30-4)17(14-8-10-15(29-3)11-9-14)19(21(24)31-5)33(16,27)28/h8-11,16-19H,6-7,12-13H2,1-5H3/p+1/t16?,17?,18-,19-/m1/s1. The van der Waals surface area contributed by atoms with Crippen LogP contribution >= 0.6 is 0 Å². The molecule has 12 heteroatoms. The van der Waals surface area contributed by atoms with E-state index < -0.39 is 52.6 Å². The van der Waals surface area contributed by atoms with Gasteiger partial charge in [0.2, 0.25) is 0 Å². The van der Waals surface area contributed by atoms with E-state index in [2.05, 4.69) is 0 Å². The van der Waals surface area contributed by atoms with Crippen LogP contribution in [0.3, 0.4) is 0 Å². The largest absolute Gasteiger partial charge is 0.497 e. The molecule has 1 aromatic carbocycles. The zero-order chi connectivity index (χ0) is 25.0. The first-order chi connectivity index (χ1) is 15.5. The van der Waals surface area contributed by atoms with Gasteiger partial charge in [-0.3, -0.25) is 9.59 Å². The van der Waals surface area contributed by atoms with Gasteiger partial charge in [-0.15, -0.1) is 0 Å². The maximum atomic E-state index is 13.6. The number of carbonyl (C=O) groups excluding carboxylic acids is 2. The Bertz CT molecular complexity index is 994. The molecular formula is C21H32NO9S2+. The predicted octanol–water partition coefficient (Wildman–Crippen LogP) is -0.654. The monoisotopic (exact) mass is 506 g/mol. The van der Waals surface area contributed by atoms with Crippen molar-refractivity contribution < 1.29 is 45.5 Å². The summed E-state index contributed by atoms with van der Waals surface area (Å²) in [6.07, 6.45) is -0.252. The Morgan fingerprint density at radius 1 is 0.848 bits per heavy atom. The number of benzene rings is 1. The van der Waals surface area contributed by atoms with Gasteiger partial charge in [0.15, 0.2) is 34.8 Å². The lowest BCUT2D eigenvalue weighted by molar-refractivity contribution is -0.896. The van der Waals surface area contributed by atoms with Gasteiger partial charge in [-0.05, 0) is 31.5 Å². The Morgan fingerprint density at radius 2 is 1.30 bits per heavy atom. The molecule has 1 N–H and O–H groups in total. The summed E-state index contributed by atoms with van der Waals surface area (Å²) in [6, 6.07) is 5.85. The van der Waals surface area contributed by atoms with Crippen LogP contribution in [0.2, 0.25) is 0 Å². The topological polar surface area (TPSA) is 135 Å². The van der Waals surface area contributed by atoms with Crippen molar-refractivity contribution in [1.82, 2.24) is 0 Å². The molecule has 0 amide bonds. The number of esters is 2. The van der Waals surface area contributed by atoms with Crippen LogP contribution in [-0.2, 0) is 38.7 Å². The quantitative estimate of drug-likeness (QED) is 0.433. The Labute approximate surface area is 195 Å². The molecule has 0 radical (unpaired) electrons. The Balaban J connectivity index is 2.75. The van der Waals surface area contributed by atoms with Gasteiger partial charge in [-0.1, -0.05) is 12.1 Å². The van der Waals surface area contributed by atoms with Crippen molar-refractivity contribution in [3.8, 4) is 5.75 Å². The number of hydrogen-bond donors (Lipinski definition) is 1. The van der Waals surface area contributed by atoms with E-state index in [4.69, 9.17) is 14.2 Å². The van der Waals surface area contributed by atoms with Crippen LogP contribution in [0, 0.1) is 0 Å². The summed E-state index contributed by atoms with van der Waals surface area (Å²) >= 11 is 0. The molecule has 2 atom stereocenters. The van der Waals surface area contributed by atoms with Gasteiger partial charge >= 0.3 is 11.9 Å². The third kappa shape index (κ3) is 5.17. The van der Waals surface area contributed by atoms with Crippen LogP contribution in [0.25, 0.3) is 0 Å². The van der Waals surface area contributed by atoms with Crippen molar-refractivity contribution in [3.05, 3.63) is 29.8 Å². The van der Waals surface area contributed by atoms with Gasteiger partial charge in [0.25, 0.3) is 0 Å². The normalized spacial score (nSPS) is 25.9. The molecule has 0 bridgehead atoms. The van der Waals surface area contributed by atoms with Crippen LogP contribution in [-0.4, -0.2) is 84.8 Å². The van der Waals surface area contributed by atoms with Crippen LogP contribution in [0.4, 0.5) is 0 Å². The fraction of sp³-hybridized carbons (Fsp3) is 0.619. The molecule has 1 heterocycles. The zero-order valence-electron chi connectivity index (χ0n) is 19.4. The molecule has 0 aliphatic carbocycles. The van der Waals surface area contributed by atoms with Crippen LogP contribution < -0.4 is 9.64 Å². The minimum atomic E-state index is -4.60. The highest BCUT2D eigenvalue weighted by atomic mass is 32.3. The average molecular weight is 507 g/mol. The molecule has 33 heavy (non-hydrogen) atoms. The second-order valence-corrected chi connectivity index (χ2v) is 12.6. The Hall–Kier alpha value is -2.18. The maximum absolute atomic E-state index is 13.6. The lowest BCUT2D eigenvalue weighted by Crippen LogP contribution is -3.11. The van der Waals surface area contributed by atoms with E-state index in [0.717, 1.165) is 19.1 Å². The molecule has 0 saturated carbocycles. The van der Waals surface area contributed by atoms with Crippen LogP contribution in [0.1, 0.15) is 31.7 Å². The van der Waals surface area contributed by atoms with Crippen LogP contribution in [0.15, 0.2) is 24.3 Å². The Morgan fingerprint density at radius 3 is 1.67 bits per heavy atom. The zero-order valence-corrected chi connectivity index (χ0v) is 21.1. The van der Waals surface area contributed by atoms with E-state index in [0.29, 0.717) is 18.8 Å². The number of sulfone groups is 2. The fourth-order valence-corrected chi connectivity index (χ4v) is 10.3. The molecule has 186 valence electrons. The molecule has 1 fully saturated rings. The second-order valence-electron chi connectivity index (χ2n) is 7.79. The summed E-state index contributed by atoms with van der Waals surface area (Å²) in [4.78, 5) is 26.5. The number of methoxy groups -OCH3 is 3. The van der Waals surface area contributed by atoms with E-state index in [9.17, 15) is 26.4 Å². The maximum Gasteiger partial charge on any atom is 0.324 e. The third-order valence-electron chi connectivity index (χ3n) is 6.19. The van der Waals surface area contributed by atoms with E-state index in [1.807, 2.05) is 13.8 Å². The van der Waals surface area contributed by atoms with E-state index in [-0.39, 0.29) is 18.5 Å². The molecular weight excluding hydrogens is 474 g/mol. The highest BCUT2D eigenvalue weighted by Gasteiger charge is 2.63. The summed E-state index contributed by atoms with van der Waals surface area (Å²) in [5.74, 6) is -3.35. The molecule has 2 rings (SSSR count). The third-order valence-corrected chi connectivity index (χ3v) is 12.1. The van der Waals surface area contributed by atoms with E-state index in [1.54, 1.807) is 0 Å². The minimum absolute atomic E-state index is 0.168. The van der Waals surface area contributed by atoms with E-state index in [1.165, 1.54) is 31.4 Å². The van der Waals surface area contributed by atoms with Crippen molar-refractivity contribution in [3.63, 3.8) is 0 Å². The van der Waals surface area contributed by atoms with Gasteiger partial charge < -0.3 is 19.1 Å². The SMILES string of the molecule is CC[NH+](CC)CCC1S(=O)(=O)[C@@H](C(=O)OC)C(c2ccc(OC)cc2)[C@H](C(=O)OC)S1(=O)=O. The highest BCUT2D eigenvalue weighted by Crippen LogP contribution is 2.43. The molecule has 1 aromatic rings. The Kier molecular flexibility index (Phi) is 8.88. The molecule has 10 nitrogen and oxygen atoms in total. The number of ether oxygens (including phenoxy) is 3. The number of nitrogens with one attached hydrogen (secondary N) is 1. The smallest absolute Gasteiger partial charge is 0.324 e. The van der Waals surface area contributed by atoms with Crippen molar-refractivity contribution in [2.24, 2.45) is 0 Å². The van der Waals surface area contributed by atoms with Gasteiger partial charge in [-0.25, -0.2) is 16.8 Å². The number of hydrogen-bond acceptors (Lipinski definition) is 9. The van der Waals surface area contributed by atoms with Gasteiger partial charge in [0, 0.05) is 12.3 Å². The molecule has 1 saturated heterocycles. The fourth-order valence-electron chi connectivity index (χ4n) is 4.30. The first-order valence-corrected chi connectivity index (χ1v) is 13.8. The molecule has 0 unspecified atom stereocenters. The number of carbonyl (C=O) groups is 2. The predicted molar refractivity (Wildman–Crippen MR) is 120 cm³/mol. The van der Waals surface area contributed by atoms with Crippen molar-refractivity contribution >= 4 is 31.6 Å². The average Bonchev–Trinajstić information content (AvgIpc) is 2.79. The molecule has 1 aliphatic heterocycles. The lowest BCUT2D eigenvalue weighted by atomic mass is 9.91. The molecule has 0 spiro atoms. The molecule has 0 aromatic heterocycles. The highest BCUT2D eigenvalue weighted by molar-refractivity contribution is 8.11. The van der Waals surface area contributed by atoms with E-state index >= 15 is 0 Å². The number of rotatable bonds is 9. The van der Waals surface area contributed by atoms with Crippen LogP contribution in [0.5, 0.6) is 5.75 Å². The van der Waals surface area contributed by atoms with Crippen molar-refractivity contribution in [2.75, 3.05) is 41.0 Å². The van der Waals surface area contributed by atoms with Crippen molar-refractivity contribution in [1.29, 1.82) is 0 Å². The summed E-state index contributed by atoms with van der Waals surface area (Å²) in [6.45, 7) is 5.37. The van der Waals surface area contributed by atoms with Gasteiger partial charge in [0.05, 0.1) is 41.0 Å². The second kappa shape index (κ2) is 10.8. The molecule has 1 aliphatic rings. The number of quaternary nitrogens is 1. The van der Waals surface area contributed by atoms with Gasteiger partial charge in [-0.2, -0.15) is 0 Å². The first-order valence-electron chi connectivity index (χ1n) is 10.6.